The van der Waals surface area contributed by atoms with E-state index >= 15 is 0 Å². The van der Waals surface area contributed by atoms with Crippen LogP contribution >= 0.6 is 11.8 Å². The SMILES string of the molecule is CCCCCCCCCCCCC(C)C(=O)SC. The monoisotopic (exact) mass is 272 g/mol. The molecule has 0 bridgehead atoms. The fraction of sp³-hybridized carbons (Fsp3) is 0.938. The van der Waals surface area contributed by atoms with Crippen molar-refractivity contribution >= 4 is 16.9 Å². The quantitative estimate of drug-likeness (QED) is 0.416. The summed E-state index contributed by atoms with van der Waals surface area (Å²) >= 11 is 1.38. The van der Waals surface area contributed by atoms with E-state index in [9.17, 15) is 4.79 Å². The van der Waals surface area contributed by atoms with Crippen LogP contribution in [0.15, 0.2) is 0 Å². The summed E-state index contributed by atoms with van der Waals surface area (Å²) in [6.45, 7) is 4.33. The molecule has 0 heterocycles. The molecule has 0 aromatic heterocycles. The highest BCUT2D eigenvalue weighted by Gasteiger charge is 2.10. The number of rotatable bonds is 12. The van der Waals surface area contributed by atoms with Gasteiger partial charge in [0.2, 0.25) is 0 Å². The van der Waals surface area contributed by atoms with E-state index in [0.29, 0.717) is 5.12 Å². The first-order chi connectivity index (χ1) is 8.72. The minimum absolute atomic E-state index is 0.258. The molecular weight excluding hydrogens is 240 g/mol. The predicted molar refractivity (Wildman–Crippen MR) is 84.1 cm³/mol. The summed E-state index contributed by atoms with van der Waals surface area (Å²) in [4.78, 5) is 11.4. The predicted octanol–water partition coefficient (Wildman–Crippen LogP) is 5.82. The second-order valence-corrected chi connectivity index (χ2v) is 6.21. The van der Waals surface area contributed by atoms with Gasteiger partial charge in [-0.3, -0.25) is 4.79 Å². The van der Waals surface area contributed by atoms with Gasteiger partial charge in [0.15, 0.2) is 5.12 Å². The van der Waals surface area contributed by atoms with Crippen molar-refractivity contribution in [2.75, 3.05) is 6.26 Å². The van der Waals surface area contributed by atoms with Gasteiger partial charge >= 0.3 is 0 Å². The Balaban J connectivity index is 3.14. The third-order valence-corrected chi connectivity index (χ3v) is 4.40. The summed E-state index contributed by atoms with van der Waals surface area (Å²) in [6, 6.07) is 0. The molecule has 0 spiro atoms. The summed E-state index contributed by atoms with van der Waals surface area (Å²) in [5, 5.41) is 0.353. The Bertz CT molecular complexity index is 192. The highest BCUT2D eigenvalue weighted by atomic mass is 32.2. The van der Waals surface area contributed by atoms with Crippen LogP contribution in [0, 0.1) is 5.92 Å². The molecule has 0 fully saturated rings. The standard InChI is InChI=1S/C16H32OS/c1-4-5-6-7-8-9-10-11-12-13-14-15(2)16(17)18-3/h15H,4-14H2,1-3H3. The van der Waals surface area contributed by atoms with Crippen molar-refractivity contribution in [2.45, 2.75) is 84.5 Å². The smallest absolute Gasteiger partial charge is 0.191 e. The normalized spacial score (nSPS) is 12.6. The zero-order valence-corrected chi connectivity index (χ0v) is 13.5. The summed E-state index contributed by atoms with van der Waals surface area (Å²) < 4.78 is 0. The van der Waals surface area contributed by atoms with Gasteiger partial charge in [-0.25, -0.2) is 0 Å². The summed E-state index contributed by atoms with van der Waals surface area (Å²) in [5.41, 5.74) is 0. The van der Waals surface area contributed by atoms with Gasteiger partial charge < -0.3 is 0 Å². The Hall–Kier alpha value is 0.0200. The van der Waals surface area contributed by atoms with Gasteiger partial charge in [0, 0.05) is 5.92 Å². The Morgan fingerprint density at radius 1 is 0.889 bits per heavy atom. The fourth-order valence-corrected chi connectivity index (χ4v) is 2.78. The molecule has 0 aliphatic rings. The lowest BCUT2D eigenvalue weighted by Crippen LogP contribution is -2.05. The van der Waals surface area contributed by atoms with E-state index in [0.717, 1.165) is 6.42 Å². The average Bonchev–Trinajstić information content (AvgIpc) is 2.39. The Morgan fingerprint density at radius 3 is 1.78 bits per heavy atom. The van der Waals surface area contributed by atoms with Gasteiger partial charge in [-0.2, -0.15) is 0 Å². The third-order valence-electron chi connectivity index (χ3n) is 3.59. The largest absolute Gasteiger partial charge is 0.287 e. The molecular formula is C16H32OS. The van der Waals surface area contributed by atoms with Crippen LogP contribution in [0.5, 0.6) is 0 Å². The maximum absolute atomic E-state index is 11.4. The molecule has 108 valence electrons. The lowest BCUT2D eigenvalue weighted by atomic mass is 10.0. The number of unbranched alkanes of at least 4 members (excludes halogenated alkanes) is 9. The number of carbonyl (C=O) groups is 1. The molecule has 1 unspecified atom stereocenters. The van der Waals surface area contributed by atoms with Crippen LogP contribution in [0.25, 0.3) is 0 Å². The molecule has 0 aliphatic carbocycles. The lowest BCUT2D eigenvalue weighted by molar-refractivity contribution is -0.114. The number of hydrogen-bond acceptors (Lipinski definition) is 2. The first-order valence-electron chi connectivity index (χ1n) is 7.80. The molecule has 1 nitrogen and oxygen atoms in total. The van der Waals surface area contributed by atoms with Gasteiger partial charge in [-0.1, -0.05) is 89.8 Å². The van der Waals surface area contributed by atoms with Gasteiger partial charge in [0.05, 0.1) is 0 Å². The Labute approximate surface area is 118 Å². The third kappa shape index (κ3) is 11.1. The first-order valence-corrected chi connectivity index (χ1v) is 9.02. The summed E-state index contributed by atoms with van der Waals surface area (Å²) in [5.74, 6) is 0.258. The van der Waals surface area contributed by atoms with Crippen LogP contribution in [-0.4, -0.2) is 11.4 Å². The minimum Gasteiger partial charge on any atom is -0.287 e. The van der Waals surface area contributed by atoms with Crippen molar-refractivity contribution < 1.29 is 4.79 Å². The van der Waals surface area contributed by atoms with E-state index in [-0.39, 0.29) is 5.92 Å². The zero-order valence-electron chi connectivity index (χ0n) is 12.7. The molecule has 18 heavy (non-hydrogen) atoms. The van der Waals surface area contributed by atoms with Gasteiger partial charge in [0.1, 0.15) is 0 Å². The molecule has 0 radical (unpaired) electrons. The first kappa shape index (κ1) is 18.0. The molecule has 0 aromatic carbocycles. The van der Waals surface area contributed by atoms with E-state index in [1.807, 2.05) is 6.26 Å². The molecule has 0 aliphatic heterocycles. The molecule has 0 rings (SSSR count). The minimum atomic E-state index is 0.258. The number of carbonyl (C=O) groups excluding carboxylic acids is 1. The van der Waals surface area contributed by atoms with Crippen LogP contribution < -0.4 is 0 Å². The maximum atomic E-state index is 11.4. The van der Waals surface area contributed by atoms with E-state index < -0.39 is 0 Å². The molecule has 0 aromatic rings. The molecule has 2 heteroatoms. The Morgan fingerprint density at radius 2 is 1.33 bits per heavy atom. The second-order valence-electron chi connectivity index (χ2n) is 5.39. The maximum Gasteiger partial charge on any atom is 0.191 e. The van der Waals surface area contributed by atoms with Crippen LogP contribution in [-0.2, 0) is 4.79 Å². The summed E-state index contributed by atoms with van der Waals surface area (Å²) in [7, 11) is 0. The van der Waals surface area contributed by atoms with E-state index in [1.54, 1.807) is 0 Å². The van der Waals surface area contributed by atoms with E-state index in [4.69, 9.17) is 0 Å². The van der Waals surface area contributed by atoms with Crippen molar-refractivity contribution in [1.82, 2.24) is 0 Å². The number of thioether (sulfide) groups is 1. The van der Waals surface area contributed by atoms with Crippen LogP contribution in [0.2, 0.25) is 0 Å². The Kier molecular flexibility index (Phi) is 13.5. The molecule has 0 saturated carbocycles. The highest BCUT2D eigenvalue weighted by molar-refractivity contribution is 8.13. The van der Waals surface area contributed by atoms with Crippen molar-refractivity contribution in [1.29, 1.82) is 0 Å². The van der Waals surface area contributed by atoms with E-state index in [2.05, 4.69) is 13.8 Å². The average molecular weight is 272 g/mol. The molecule has 0 N–H and O–H groups in total. The van der Waals surface area contributed by atoms with Gasteiger partial charge in [-0.15, -0.1) is 0 Å². The van der Waals surface area contributed by atoms with Crippen molar-refractivity contribution in [3.05, 3.63) is 0 Å². The van der Waals surface area contributed by atoms with Crippen LogP contribution in [0.4, 0.5) is 0 Å². The van der Waals surface area contributed by atoms with Crippen LogP contribution in [0.3, 0.4) is 0 Å². The van der Waals surface area contributed by atoms with E-state index in [1.165, 1.54) is 76.0 Å². The molecule has 0 saturated heterocycles. The van der Waals surface area contributed by atoms with Crippen molar-refractivity contribution in [3.63, 3.8) is 0 Å². The van der Waals surface area contributed by atoms with Crippen molar-refractivity contribution in [3.8, 4) is 0 Å². The van der Waals surface area contributed by atoms with Crippen molar-refractivity contribution in [2.24, 2.45) is 5.92 Å². The van der Waals surface area contributed by atoms with Gasteiger partial charge in [-0.05, 0) is 12.7 Å². The number of hydrogen-bond donors (Lipinski definition) is 0. The lowest BCUT2D eigenvalue weighted by Gasteiger charge is -2.07. The van der Waals surface area contributed by atoms with Crippen LogP contribution in [0.1, 0.15) is 84.5 Å². The fourth-order valence-electron chi connectivity index (χ4n) is 2.26. The van der Waals surface area contributed by atoms with Gasteiger partial charge in [0.25, 0.3) is 0 Å². The topological polar surface area (TPSA) is 17.1 Å². The summed E-state index contributed by atoms with van der Waals surface area (Å²) in [6.07, 6.45) is 16.7. The second kappa shape index (κ2) is 13.5. The highest BCUT2D eigenvalue weighted by Crippen LogP contribution is 2.17. The molecule has 1 atom stereocenters. The zero-order chi connectivity index (χ0) is 13.6. The molecule has 0 amide bonds.